The third kappa shape index (κ3) is 3.28. The summed E-state index contributed by atoms with van der Waals surface area (Å²) >= 11 is 12.6. The molecule has 86 valence electrons. The van der Waals surface area contributed by atoms with E-state index in [1.807, 2.05) is 13.0 Å². The molecule has 0 atom stereocenters. The summed E-state index contributed by atoms with van der Waals surface area (Å²) in [4.78, 5) is 5.62. The van der Waals surface area contributed by atoms with E-state index >= 15 is 0 Å². The Hall–Kier alpha value is 0.0600. The van der Waals surface area contributed by atoms with E-state index < -0.39 is 0 Å². The topological polar surface area (TPSA) is 24.9 Å². The fraction of sp³-hybridized carbons (Fsp3) is 0.300. The van der Waals surface area contributed by atoms with E-state index in [0.717, 1.165) is 32.6 Å². The molecule has 0 amide bonds. The molecule has 1 N–H and O–H groups in total. The number of hydrogen-bond donors (Lipinski definition) is 1. The lowest BCUT2D eigenvalue weighted by molar-refractivity contribution is 0.696. The van der Waals surface area contributed by atoms with Crippen molar-refractivity contribution in [2.45, 2.75) is 20.0 Å². The maximum Gasteiger partial charge on any atom is 0.107 e. The van der Waals surface area contributed by atoms with Crippen molar-refractivity contribution in [1.29, 1.82) is 0 Å². The second-order valence-corrected chi connectivity index (χ2v) is 6.86. The van der Waals surface area contributed by atoms with Crippen molar-refractivity contribution < 1.29 is 0 Å². The number of hydrogen-bond acceptors (Lipinski definition) is 4. The van der Waals surface area contributed by atoms with E-state index in [1.54, 1.807) is 22.7 Å². The summed E-state index contributed by atoms with van der Waals surface area (Å²) in [6, 6.07) is 2.05. The maximum absolute atomic E-state index is 5.96. The molecular weight excluding hydrogens is 328 g/mol. The molecule has 0 saturated carbocycles. The predicted molar refractivity (Wildman–Crippen MR) is 74.4 cm³/mol. The van der Waals surface area contributed by atoms with E-state index in [4.69, 9.17) is 11.6 Å². The minimum atomic E-state index is 0.807. The van der Waals surface area contributed by atoms with Crippen molar-refractivity contribution in [3.05, 3.63) is 35.8 Å². The van der Waals surface area contributed by atoms with Crippen LogP contribution in [-0.2, 0) is 13.1 Å². The maximum atomic E-state index is 5.96. The molecule has 0 aliphatic carbocycles. The third-order valence-electron chi connectivity index (χ3n) is 1.94. The molecule has 0 aromatic carbocycles. The molecule has 2 nitrogen and oxygen atoms in total. The lowest BCUT2D eigenvalue weighted by Crippen LogP contribution is -2.11. The molecule has 2 aromatic rings. The van der Waals surface area contributed by atoms with Gasteiger partial charge in [-0.05, 0) is 28.9 Å². The summed E-state index contributed by atoms with van der Waals surface area (Å²) in [6.07, 6.45) is 0. The van der Waals surface area contributed by atoms with Crippen LogP contribution >= 0.6 is 50.2 Å². The first-order chi connectivity index (χ1) is 7.65. The first kappa shape index (κ1) is 12.5. The average molecular weight is 338 g/mol. The number of aromatic nitrogens is 1. The molecule has 0 unspecified atom stereocenters. The number of thiazole rings is 1. The molecule has 2 rings (SSSR count). The Morgan fingerprint density at radius 2 is 2.31 bits per heavy atom. The quantitative estimate of drug-likeness (QED) is 0.903. The SMILES string of the molecule is Cc1csc(CNCc2cc(Br)c(Cl)s2)n1. The number of aryl methyl sites for hydroxylation is 1. The van der Waals surface area contributed by atoms with E-state index in [-0.39, 0.29) is 0 Å². The summed E-state index contributed by atoms with van der Waals surface area (Å²) < 4.78 is 1.78. The molecule has 0 aliphatic heterocycles. The standard InChI is InChI=1S/C10H10BrClN2S2/c1-6-5-15-9(14-6)4-13-3-7-2-8(11)10(12)16-7/h2,5,13H,3-4H2,1H3. The largest absolute Gasteiger partial charge is 0.306 e. The highest BCUT2D eigenvalue weighted by molar-refractivity contribution is 9.10. The highest BCUT2D eigenvalue weighted by Gasteiger charge is 2.04. The van der Waals surface area contributed by atoms with Crippen molar-refractivity contribution in [3.63, 3.8) is 0 Å². The van der Waals surface area contributed by atoms with Crippen molar-refractivity contribution in [2.24, 2.45) is 0 Å². The minimum absolute atomic E-state index is 0.807. The molecule has 2 aromatic heterocycles. The first-order valence-electron chi connectivity index (χ1n) is 4.70. The Bertz CT molecular complexity index is 461. The van der Waals surface area contributed by atoms with E-state index in [0.29, 0.717) is 0 Å². The smallest absolute Gasteiger partial charge is 0.107 e. The van der Waals surface area contributed by atoms with Crippen molar-refractivity contribution in [1.82, 2.24) is 10.3 Å². The zero-order valence-electron chi connectivity index (χ0n) is 8.59. The van der Waals surface area contributed by atoms with Crippen LogP contribution in [0, 0.1) is 6.92 Å². The van der Waals surface area contributed by atoms with E-state index in [1.165, 1.54) is 4.88 Å². The van der Waals surface area contributed by atoms with Gasteiger partial charge in [-0.15, -0.1) is 22.7 Å². The van der Waals surface area contributed by atoms with Crippen molar-refractivity contribution in [2.75, 3.05) is 0 Å². The zero-order valence-corrected chi connectivity index (χ0v) is 12.6. The molecule has 0 fully saturated rings. The van der Waals surface area contributed by atoms with Gasteiger partial charge in [-0.3, -0.25) is 0 Å². The van der Waals surface area contributed by atoms with Crippen LogP contribution in [0.25, 0.3) is 0 Å². The van der Waals surface area contributed by atoms with E-state index in [9.17, 15) is 0 Å². The Kier molecular flexibility index (Phi) is 4.38. The van der Waals surface area contributed by atoms with Gasteiger partial charge in [0.2, 0.25) is 0 Å². The predicted octanol–water partition coefficient (Wildman–Crippen LogP) is 4.22. The lowest BCUT2D eigenvalue weighted by atomic mass is 10.4. The van der Waals surface area contributed by atoms with Gasteiger partial charge in [0.05, 0.1) is 0 Å². The van der Waals surface area contributed by atoms with Gasteiger partial charge in [-0.2, -0.15) is 0 Å². The van der Waals surface area contributed by atoms with Gasteiger partial charge in [0.15, 0.2) is 0 Å². The Morgan fingerprint density at radius 1 is 1.50 bits per heavy atom. The second-order valence-electron chi connectivity index (χ2n) is 3.32. The average Bonchev–Trinajstić information content (AvgIpc) is 2.75. The Labute approximate surface area is 116 Å². The van der Waals surface area contributed by atoms with Crippen LogP contribution in [0.2, 0.25) is 4.34 Å². The van der Waals surface area contributed by atoms with Crippen LogP contribution in [0.4, 0.5) is 0 Å². The summed E-state index contributed by atoms with van der Waals surface area (Å²) in [5, 5.41) is 6.54. The number of nitrogens with one attached hydrogen (secondary N) is 1. The molecule has 0 bridgehead atoms. The van der Waals surface area contributed by atoms with Crippen molar-refractivity contribution >= 4 is 50.2 Å². The first-order valence-corrected chi connectivity index (χ1v) is 7.57. The van der Waals surface area contributed by atoms with Gasteiger partial charge in [0, 0.05) is 33.5 Å². The summed E-state index contributed by atoms with van der Waals surface area (Å²) in [5.41, 5.74) is 1.09. The molecule has 0 aliphatic rings. The van der Waals surface area contributed by atoms with Crippen LogP contribution in [-0.4, -0.2) is 4.98 Å². The normalized spacial score (nSPS) is 10.9. The highest BCUT2D eigenvalue weighted by atomic mass is 79.9. The zero-order chi connectivity index (χ0) is 11.5. The lowest BCUT2D eigenvalue weighted by Gasteiger charge is -1.98. The molecular formula is C10H10BrClN2S2. The van der Waals surface area contributed by atoms with Gasteiger partial charge >= 0.3 is 0 Å². The minimum Gasteiger partial charge on any atom is -0.306 e. The second kappa shape index (κ2) is 5.60. The summed E-state index contributed by atoms with van der Waals surface area (Å²) in [5.74, 6) is 0. The number of nitrogens with zero attached hydrogens (tertiary/aromatic N) is 1. The fourth-order valence-corrected chi connectivity index (χ4v) is 3.76. The van der Waals surface area contributed by atoms with Crippen LogP contribution in [0.3, 0.4) is 0 Å². The fourth-order valence-electron chi connectivity index (χ4n) is 1.26. The van der Waals surface area contributed by atoms with Crippen LogP contribution in [0.5, 0.6) is 0 Å². The van der Waals surface area contributed by atoms with Gasteiger partial charge in [-0.1, -0.05) is 11.6 Å². The molecule has 0 radical (unpaired) electrons. The summed E-state index contributed by atoms with van der Waals surface area (Å²) in [6.45, 7) is 3.65. The molecule has 2 heterocycles. The van der Waals surface area contributed by atoms with Gasteiger partial charge in [0.1, 0.15) is 9.34 Å². The molecule has 6 heteroatoms. The molecule has 0 saturated heterocycles. The number of thiophene rings is 1. The summed E-state index contributed by atoms with van der Waals surface area (Å²) in [7, 11) is 0. The third-order valence-corrected chi connectivity index (χ3v) is 5.38. The Balaban J connectivity index is 1.84. The van der Waals surface area contributed by atoms with Crippen molar-refractivity contribution in [3.8, 4) is 0 Å². The van der Waals surface area contributed by atoms with Crippen LogP contribution < -0.4 is 5.32 Å². The van der Waals surface area contributed by atoms with Gasteiger partial charge in [0.25, 0.3) is 0 Å². The molecule has 0 spiro atoms. The monoisotopic (exact) mass is 336 g/mol. The Morgan fingerprint density at radius 3 is 2.88 bits per heavy atom. The van der Waals surface area contributed by atoms with E-state index in [2.05, 4.69) is 31.6 Å². The highest BCUT2D eigenvalue weighted by Crippen LogP contribution is 2.31. The van der Waals surface area contributed by atoms with Crippen LogP contribution in [0.1, 0.15) is 15.6 Å². The number of halogens is 2. The van der Waals surface area contributed by atoms with Crippen LogP contribution in [0.15, 0.2) is 15.9 Å². The van der Waals surface area contributed by atoms with Gasteiger partial charge < -0.3 is 5.32 Å². The molecule has 16 heavy (non-hydrogen) atoms. The van der Waals surface area contributed by atoms with Gasteiger partial charge in [-0.25, -0.2) is 4.98 Å². The number of rotatable bonds is 4.